The third-order valence-electron chi connectivity index (χ3n) is 6.01. The molecule has 0 saturated carbocycles. The maximum atomic E-state index is 9.85. The van der Waals surface area contributed by atoms with Gasteiger partial charge in [0, 0.05) is 45.6 Å². The molecule has 3 aromatic carbocycles. The predicted molar refractivity (Wildman–Crippen MR) is 193 cm³/mol. The summed E-state index contributed by atoms with van der Waals surface area (Å²) in [4.78, 5) is 2.55. The lowest BCUT2D eigenvalue weighted by molar-refractivity contribution is 0.474. The molecule has 0 fully saturated rings. The summed E-state index contributed by atoms with van der Waals surface area (Å²) in [6, 6.07) is 16.0. The third-order valence-corrected chi connectivity index (χ3v) is 16.5. The van der Waals surface area contributed by atoms with Crippen molar-refractivity contribution < 1.29 is 10.2 Å². The van der Waals surface area contributed by atoms with E-state index in [-0.39, 0.29) is 0 Å². The van der Waals surface area contributed by atoms with Crippen LogP contribution in [0.15, 0.2) is 48.5 Å². The molecule has 0 amide bonds. The van der Waals surface area contributed by atoms with Gasteiger partial charge in [0.05, 0.1) is 28.6 Å². The Morgan fingerprint density at radius 2 is 0.917 bits per heavy atom. The molecule has 2 nitrogen and oxygen atoms in total. The summed E-state index contributed by atoms with van der Waals surface area (Å²) in [7, 11) is 0. The molecule has 0 radical (unpaired) electrons. The third kappa shape index (κ3) is 3.86. The molecular weight excluding hydrogens is 980 g/mol. The van der Waals surface area contributed by atoms with Crippen LogP contribution in [0.1, 0.15) is 0 Å². The zero-order chi connectivity index (χ0) is 24.9. The first-order chi connectivity index (χ1) is 17.3. The average molecular weight is 990 g/mol. The van der Waals surface area contributed by atoms with Crippen LogP contribution in [0, 0.1) is 14.3 Å². The van der Waals surface area contributed by atoms with Crippen LogP contribution in [0.2, 0.25) is 0 Å². The fraction of sp³-hybridized carbons (Fsp3) is 0. The molecule has 7 aromatic rings. The lowest BCUT2D eigenvalue weighted by atomic mass is 10.2. The molecular formula is C26H10I4O2S4. The minimum atomic E-state index is 0.306. The molecule has 0 unspecified atom stereocenters. The van der Waals surface area contributed by atoms with Crippen LogP contribution in [0.5, 0.6) is 11.5 Å². The SMILES string of the molecule is Oc1ccc(-c2sc3c(sc4cc5c(cc43)sc3c(I)c(-c4ccc(O)cc4I)sc35)c2I)c(I)c1. The molecule has 0 atom stereocenters. The van der Waals surface area contributed by atoms with Gasteiger partial charge in [-0.05, 0) is 139 Å². The van der Waals surface area contributed by atoms with Gasteiger partial charge in [0.1, 0.15) is 11.5 Å². The summed E-state index contributed by atoms with van der Waals surface area (Å²) in [5.74, 6) is 0.611. The minimum absolute atomic E-state index is 0.306. The van der Waals surface area contributed by atoms with Gasteiger partial charge in [-0.15, -0.1) is 45.3 Å². The van der Waals surface area contributed by atoms with E-state index < -0.39 is 0 Å². The number of benzene rings is 3. The van der Waals surface area contributed by atoms with E-state index in [9.17, 15) is 10.2 Å². The quantitative estimate of drug-likeness (QED) is 0.170. The van der Waals surface area contributed by atoms with Crippen molar-refractivity contribution in [3.05, 3.63) is 62.8 Å². The van der Waals surface area contributed by atoms with Gasteiger partial charge >= 0.3 is 0 Å². The molecule has 0 bridgehead atoms. The topological polar surface area (TPSA) is 40.5 Å². The predicted octanol–water partition coefficient (Wildman–Crippen LogP) is 11.7. The second-order valence-electron chi connectivity index (χ2n) is 8.18. The molecule has 0 saturated heterocycles. The maximum absolute atomic E-state index is 9.85. The number of aromatic hydroxyl groups is 2. The summed E-state index contributed by atoms with van der Waals surface area (Å²) in [5, 5.41) is 22.4. The number of halogens is 4. The van der Waals surface area contributed by atoms with E-state index in [1.165, 1.54) is 67.0 Å². The van der Waals surface area contributed by atoms with E-state index in [2.05, 4.69) is 102 Å². The summed E-state index contributed by atoms with van der Waals surface area (Å²) in [5.41, 5.74) is 2.37. The zero-order valence-electron chi connectivity index (χ0n) is 17.7. The number of hydrogen-bond donors (Lipinski definition) is 2. The number of phenolic OH excluding ortho intramolecular Hbond substituents is 2. The smallest absolute Gasteiger partial charge is 0.116 e. The highest BCUT2D eigenvalue weighted by atomic mass is 127. The Morgan fingerprint density at radius 1 is 0.500 bits per heavy atom. The normalized spacial score (nSPS) is 12.1. The molecule has 0 aliphatic carbocycles. The van der Waals surface area contributed by atoms with Crippen LogP contribution in [0.4, 0.5) is 0 Å². The first-order valence-electron chi connectivity index (χ1n) is 10.5. The summed E-state index contributed by atoms with van der Waals surface area (Å²) < 4.78 is 12.8. The lowest BCUT2D eigenvalue weighted by Crippen LogP contribution is -1.81. The summed E-state index contributed by atoms with van der Waals surface area (Å²) >= 11 is 17.1. The zero-order valence-corrected chi connectivity index (χ0v) is 29.6. The Labute approximate surface area is 275 Å². The molecule has 7 rings (SSSR count). The first-order valence-corrected chi connectivity index (χ1v) is 18.0. The standard InChI is InChI=1S/C26H10I4O2S4/c27-15-5-9(31)1-3-11(15)21-19(29)25-23(35-21)13-7-18-14(8-17(13)33-25)24-26(34-18)20(30)22(36-24)12-4-2-10(32)6-16(12)28/h1-8,31-32H. The number of hydrogen-bond acceptors (Lipinski definition) is 6. The van der Waals surface area contributed by atoms with Crippen LogP contribution in [0.3, 0.4) is 0 Å². The van der Waals surface area contributed by atoms with E-state index in [0.717, 1.165) is 7.14 Å². The highest BCUT2D eigenvalue weighted by Gasteiger charge is 2.22. The van der Waals surface area contributed by atoms with Crippen LogP contribution >= 0.6 is 136 Å². The van der Waals surface area contributed by atoms with E-state index in [1.807, 2.05) is 69.6 Å². The summed E-state index contributed by atoms with van der Waals surface area (Å²) in [6.07, 6.45) is 0. The van der Waals surface area contributed by atoms with Gasteiger partial charge in [-0.3, -0.25) is 0 Å². The van der Waals surface area contributed by atoms with Crippen molar-refractivity contribution in [2.75, 3.05) is 0 Å². The van der Waals surface area contributed by atoms with Crippen LogP contribution in [0.25, 0.3) is 59.9 Å². The second-order valence-corrected chi connectivity index (χ2v) is 16.8. The van der Waals surface area contributed by atoms with Crippen molar-refractivity contribution in [3.8, 4) is 32.4 Å². The van der Waals surface area contributed by atoms with Crippen molar-refractivity contribution in [2.45, 2.75) is 0 Å². The highest BCUT2D eigenvalue weighted by molar-refractivity contribution is 14.1. The lowest BCUT2D eigenvalue weighted by Gasteiger charge is -2.04. The molecule has 2 N–H and O–H groups in total. The first kappa shape index (κ1) is 25.0. The van der Waals surface area contributed by atoms with Crippen LogP contribution in [-0.4, -0.2) is 10.2 Å². The van der Waals surface area contributed by atoms with Crippen LogP contribution < -0.4 is 0 Å². The molecule has 0 spiro atoms. The maximum Gasteiger partial charge on any atom is 0.116 e. The molecule has 4 heterocycles. The molecule has 0 aliphatic rings. The van der Waals surface area contributed by atoms with Crippen molar-refractivity contribution in [1.29, 1.82) is 0 Å². The molecule has 0 aliphatic heterocycles. The number of rotatable bonds is 2. The van der Waals surface area contributed by atoms with Crippen molar-refractivity contribution in [1.82, 2.24) is 0 Å². The molecule has 178 valence electrons. The molecule has 36 heavy (non-hydrogen) atoms. The van der Waals surface area contributed by atoms with Gasteiger partial charge in [0.25, 0.3) is 0 Å². The monoisotopic (exact) mass is 990 g/mol. The number of phenols is 2. The van der Waals surface area contributed by atoms with Gasteiger partial charge in [-0.2, -0.15) is 0 Å². The largest absolute Gasteiger partial charge is 0.508 e. The Morgan fingerprint density at radius 3 is 1.31 bits per heavy atom. The fourth-order valence-electron chi connectivity index (χ4n) is 4.36. The van der Waals surface area contributed by atoms with Gasteiger partial charge in [0.2, 0.25) is 0 Å². The number of fused-ring (bicyclic) bond motifs is 6. The van der Waals surface area contributed by atoms with Crippen molar-refractivity contribution in [2.24, 2.45) is 0 Å². The Hall–Kier alpha value is 0.0200. The van der Waals surface area contributed by atoms with Crippen molar-refractivity contribution in [3.63, 3.8) is 0 Å². The van der Waals surface area contributed by atoms with Gasteiger partial charge in [0.15, 0.2) is 0 Å². The van der Waals surface area contributed by atoms with E-state index in [1.54, 1.807) is 12.1 Å². The fourth-order valence-corrected chi connectivity index (χ4v) is 14.3. The van der Waals surface area contributed by atoms with E-state index in [4.69, 9.17) is 0 Å². The van der Waals surface area contributed by atoms with Crippen molar-refractivity contribution >= 4 is 175 Å². The van der Waals surface area contributed by atoms with Gasteiger partial charge in [-0.25, -0.2) is 0 Å². The van der Waals surface area contributed by atoms with E-state index in [0.29, 0.717) is 11.5 Å². The molecule has 4 aromatic heterocycles. The Kier molecular flexibility index (Phi) is 6.46. The second kappa shape index (κ2) is 9.30. The average Bonchev–Trinajstić information content (AvgIpc) is 3.54. The minimum Gasteiger partial charge on any atom is -0.508 e. The molecule has 10 heteroatoms. The van der Waals surface area contributed by atoms with Crippen LogP contribution in [-0.2, 0) is 0 Å². The van der Waals surface area contributed by atoms with Gasteiger partial charge < -0.3 is 10.2 Å². The van der Waals surface area contributed by atoms with E-state index >= 15 is 0 Å². The Bertz CT molecular complexity index is 1880. The van der Waals surface area contributed by atoms with Gasteiger partial charge in [-0.1, -0.05) is 0 Å². The highest BCUT2D eigenvalue weighted by Crippen LogP contribution is 2.52. The Balaban J connectivity index is 1.43. The number of thiophene rings is 4. The summed E-state index contributed by atoms with van der Waals surface area (Å²) in [6.45, 7) is 0.